The van der Waals surface area contributed by atoms with Crippen molar-refractivity contribution in [2.24, 2.45) is 5.92 Å². The number of fused-ring (bicyclic) bond motifs is 1. The summed E-state index contributed by atoms with van der Waals surface area (Å²) in [5.41, 5.74) is 1.28. The molecule has 1 aromatic carbocycles. The normalized spacial score (nSPS) is 24.0. The van der Waals surface area contributed by atoms with Gasteiger partial charge >= 0.3 is 5.97 Å². The van der Waals surface area contributed by atoms with E-state index in [1.807, 2.05) is 24.3 Å². The molecular formula is C19H23NO4. The highest BCUT2D eigenvalue weighted by Crippen LogP contribution is 2.36. The summed E-state index contributed by atoms with van der Waals surface area (Å²) in [6.07, 6.45) is 5.37. The van der Waals surface area contributed by atoms with Gasteiger partial charge in [0, 0.05) is 11.6 Å². The first-order valence-electron chi connectivity index (χ1n) is 8.37. The zero-order valence-electron chi connectivity index (χ0n) is 13.9. The van der Waals surface area contributed by atoms with E-state index in [4.69, 9.17) is 9.84 Å². The molecule has 0 aliphatic heterocycles. The summed E-state index contributed by atoms with van der Waals surface area (Å²) in [5.74, 6) is -0.266. The zero-order chi connectivity index (χ0) is 17.2. The highest BCUT2D eigenvalue weighted by Gasteiger charge is 2.35. The van der Waals surface area contributed by atoms with E-state index in [2.05, 4.69) is 4.98 Å². The Morgan fingerprint density at radius 1 is 1.33 bits per heavy atom. The number of benzene rings is 1. The van der Waals surface area contributed by atoms with Crippen molar-refractivity contribution in [2.75, 3.05) is 7.11 Å². The first-order valence-corrected chi connectivity index (χ1v) is 8.37. The summed E-state index contributed by atoms with van der Waals surface area (Å²) in [6.45, 7) is 0. The van der Waals surface area contributed by atoms with Crippen molar-refractivity contribution in [3.05, 3.63) is 36.0 Å². The lowest BCUT2D eigenvalue weighted by Gasteiger charge is -2.34. The maximum atomic E-state index is 11.1. The molecule has 3 rings (SSSR count). The van der Waals surface area contributed by atoms with Gasteiger partial charge in [0.2, 0.25) is 0 Å². The van der Waals surface area contributed by atoms with Crippen LogP contribution in [0.2, 0.25) is 0 Å². The van der Waals surface area contributed by atoms with Crippen LogP contribution in [-0.4, -0.2) is 33.9 Å². The third kappa shape index (κ3) is 3.51. The highest BCUT2D eigenvalue weighted by molar-refractivity contribution is 5.83. The fourth-order valence-electron chi connectivity index (χ4n) is 3.55. The van der Waals surface area contributed by atoms with E-state index in [-0.39, 0.29) is 5.92 Å². The van der Waals surface area contributed by atoms with Gasteiger partial charge in [0.05, 0.1) is 24.1 Å². The molecule has 1 aliphatic carbocycles. The Bertz CT molecular complexity index is 735. The molecule has 1 aromatic heterocycles. The molecule has 0 bridgehead atoms. The largest absolute Gasteiger partial charge is 0.497 e. The number of rotatable bonds is 5. The standard InChI is InChI=1S/C19H23NO4/c1-24-15-2-3-17-16(12-15)13(7-11-20-17)4-8-19(23)9-5-14(6-10-19)18(21)22/h2-3,7,11-12,14,23H,4-6,8-10H2,1H3,(H,21,22). The van der Waals surface area contributed by atoms with Crippen LogP contribution in [0.15, 0.2) is 30.5 Å². The van der Waals surface area contributed by atoms with Crippen LogP contribution in [0.5, 0.6) is 5.75 Å². The van der Waals surface area contributed by atoms with Gasteiger partial charge in [-0.15, -0.1) is 0 Å². The topological polar surface area (TPSA) is 79.7 Å². The molecule has 0 spiro atoms. The predicted octanol–water partition coefficient (Wildman–Crippen LogP) is 3.18. The number of pyridine rings is 1. The van der Waals surface area contributed by atoms with Crippen LogP contribution in [0.4, 0.5) is 0 Å². The molecule has 0 atom stereocenters. The number of aryl methyl sites for hydroxylation is 1. The Balaban J connectivity index is 1.73. The lowest BCUT2D eigenvalue weighted by atomic mass is 9.76. The van der Waals surface area contributed by atoms with Crippen molar-refractivity contribution < 1.29 is 19.7 Å². The van der Waals surface area contributed by atoms with E-state index in [0.717, 1.165) is 28.6 Å². The number of nitrogens with zero attached hydrogens (tertiary/aromatic N) is 1. The Morgan fingerprint density at radius 2 is 2.08 bits per heavy atom. The number of carboxylic acids is 1. The molecule has 5 heteroatoms. The van der Waals surface area contributed by atoms with Crippen LogP contribution in [0.25, 0.3) is 10.9 Å². The number of hydrogen-bond acceptors (Lipinski definition) is 4. The van der Waals surface area contributed by atoms with Crippen molar-refractivity contribution in [3.8, 4) is 5.75 Å². The number of carboxylic acid groups (broad SMARTS) is 1. The Kier molecular flexibility index (Phi) is 4.71. The van der Waals surface area contributed by atoms with Gasteiger partial charge in [0.15, 0.2) is 0 Å². The van der Waals surface area contributed by atoms with Crippen LogP contribution in [0, 0.1) is 5.92 Å². The van der Waals surface area contributed by atoms with Crippen LogP contribution >= 0.6 is 0 Å². The van der Waals surface area contributed by atoms with Crippen LogP contribution in [0.1, 0.15) is 37.7 Å². The molecule has 1 aliphatic rings. The maximum absolute atomic E-state index is 11.1. The molecule has 24 heavy (non-hydrogen) atoms. The minimum atomic E-state index is -0.763. The minimum absolute atomic E-state index is 0.309. The van der Waals surface area contributed by atoms with Gasteiger partial charge in [-0.3, -0.25) is 9.78 Å². The molecule has 0 saturated heterocycles. The van der Waals surface area contributed by atoms with Crippen molar-refractivity contribution in [3.63, 3.8) is 0 Å². The lowest BCUT2D eigenvalue weighted by Crippen LogP contribution is -2.36. The number of aliphatic hydroxyl groups is 1. The second-order valence-electron chi connectivity index (χ2n) is 6.69. The van der Waals surface area contributed by atoms with Gasteiger partial charge in [-0.05, 0) is 68.4 Å². The third-order valence-corrected chi connectivity index (χ3v) is 5.16. The number of aliphatic carboxylic acids is 1. The van der Waals surface area contributed by atoms with E-state index >= 15 is 0 Å². The summed E-state index contributed by atoms with van der Waals surface area (Å²) in [5, 5.41) is 20.9. The molecule has 2 N–H and O–H groups in total. The van der Waals surface area contributed by atoms with Crippen molar-refractivity contribution >= 4 is 16.9 Å². The Morgan fingerprint density at radius 3 is 2.75 bits per heavy atom. The molecule has 2 aromatic rings. The summed E-state index contributed by atoms with van der Waals surface area (Å²) in [7, 11) is 1.64. The highest BCUT2D eigenvalue weighted by atomic mass is 16.5. The smallest absolute Gasteiger partial charge is 0.306 e. The first-order chi connectivity index (χ1) is 11.5. The van der Waals surface area contributed by atoms with E-state index in [1.54, 1.807) is 13.3 Å². The quantitative estimate of drug-likeness (QED) is 0.880. The van der Waals surface area contributed by atoms with Gasteiger partial charge in [0.1, 0.15) is 5.75 Å². The molecular weight excluding hydrogens is 306 g/mol. The molecule has 1 heterocycles. The van der Waals surface area contributed by atoms with E-state index in [1.165, 1.54) is 0 Å². The molecule has 0 unspecified atom stereocenters. The fraction of sp³-hybridized carbons (Fsp3) is 0.474. The van der Waals surface area contributed by atoms with E-state index < -0.39 is 11.6 Å². The number of aromatic nitrogens is 1. The molecule has 1 saturated carbocycles. The molecule has 128 valence electrons. The van der Waals surface area contributed by atoms with Crippen molar-refractivity contribution in [1.29, 1.82) is 0 Å². The number of carbonyl (C=O) groups is 1. The number of hydrogen-bond donors (Lipinski definition) is 2. The van der Waals surface area contributed by atoms with Gasteiger partial charge in [0.25, 0.3) is 0 Å². The minimum Gasteiger partial charge on any atom is -0.497 e. The summed E-state index contributed by atoms with van der Waals surface area (Å²) in [6, 6.07) is 7.78. The first kappa shape index (κ1) is 16.7. The van der Waals surface area contributed by atoms with Crippen LogP contribution < -0.4 is 4.74 Å². The molecule has 5 nitrogen and oxygen atoms in total. The Labute approximate surface area is 141 Å². The molecule has 0 amide bonds. The zero-order valence-corrected chi connectivity index (χ0v) is 13.9. The number of methoxy groups -OCH3 is 1. The van der Waals surface area contributed by atoms with Gasteiger partial charge in [-0.25, -0.2) is 0 Å². The fourth-order valence-corrected chi connectivity index (χ4v) is 3.55. The summed E-state index contributed by atoms with van der Waals surface area (Å²) in [4.78, 5) is 15.4. The maximum Gasteiger partial charge on any atom is 0.306 e. The van der Waals surface area contributed by atoms with E-state index in [0.29, 0.717) is 32.1 Å². The van der Waals surface area contributed by atoms with Crippen LogP contribution in [0.3, 0.4) is 0 Å². The number of ether oxygens (including phenoxy) is 1. The van der Waals surface area contributed by atoms with Gasteiger partial charge < -0.3 is 14.9 Å². The summed E-state index contributed by atoms with van der Waals surface area (Å²) >= 11 is 0. The SMILES string of the molecule is COc1ccc2nccc(CCC3(O)CCC(C(=O)O)CC3)c2c1. The molecule has 0 radical (unpaired) electrons. The summed E-state index contributed by atoms with van der Waals surface area (Å²) < 4.78 is 5.29. The van der Waals surface area contributed by atoms with Crippen molar-refractivity contribution in [2.45, 2.75) is 44.1 Å². The monoisotopic (exact) mass is 329 g/mol. The third-order valence-electron chi connectivity index (χ3n) is 5.16. The molecule has 1 fully saturated rings. The van der Waals surface area contributed by atoms with Gasteiger partial charge in [-0.2, -0.15) is 0 Å². The van der Waals surface area contributed by atoms with E-state index in [9.17, 15) is 9.90 Å². The van der Waals surface area contributed by atoms with Gasteiger partial charge in [-0.1, -0.05) is 0 Å². The second-order valence-corrected chi connectivity index (χ2v) is 6.69. The average Bonchev–Trinajstić information content (AvgIpc) is 2.60. The second kappa shape index (κ2) is 6.77. The van der Waals surface area contributed by atoms with Crippen LogP contribution in [-0.2, 0) is 11.2 Å². The Hall–Kier alpha value is -2.14. The van der Waals surface area contributed by atoms with Crippen molar-refractivity contribution in [1.82, 2.24) is 4.98 Å². The average molecular weight is 329 g/mol. The predicted molar refractivity (Wildman–Crippen MR) is 91.2 cm³/mol. The lowest BCUT2D eigenvalue weighted by molar-refractivity contribution is -0.144.